The molecule has 0 bridgehead atoms. The molecule has 0 fully saturated rings. The van der Waals surface area contributed by atoms with Gasteiger partial charge in [0.2, 0.25) is 0 Å². The van der Waals surface area contributed by atoms with E-state index in [9.17, 15) is 8.78 Å². The van der Waals surface area contributed by atoms with E-state index in [1.807, 2.05) is 0 Å². The van der Waals surface area contributed by atoms with Crippen molar-refractivity contribution in [3.8, 4) is 0 Å². The third-order valence-electron chi connectivity index (χ3n) is 1.64. The lowest BCUT2D eigenvalue weighted by Crippen LogP contribution is -1.94. The van der Waals surface area contributed by atoms with Crippen LogP contribution < -0.4 is 0 Å². The summed E-state index contributed by atoms with van der Waals surface area (Å²) < 4.78 is 25.5. The molecule has 0 saturated carbocycles. The van der Waals surface area contributed by atoms with Crippen molar-refractivity contribution in [3.05, 3.63) is 35.4 Å². The molecule has 0 spiro atoms. The van der Waals surface area contributed by atoms with E-state index in [1.165, 1.54) is 6.07 Å². The molecular weight excluding hydrogens is 178 g/mol. The predicted molar refractivity (Wildman–Crippen MR) is 48.5 cm³/mol. The van der Waals surface area contributed by atoms with Gasteiger partial charge in [-0.3, -0.25) is 0 Å². The van der Waals surface area contributed by atoms with Gasteiger partial charge in [0, 0.05) is 0 Å². The van der Waals surface area contributed by atoms with E-state index >= 15 is 0 Å². The number of rotatable bonds is 3. The van der Waals surface area contributed by atoms with Crippen LogP contribution in [0.25, 0.3) is 0 Å². The summed E-state index contributed by atoms with van der Waals surface area (Å²) in [4.78, 5) is 0. The summed E-state index contributed by atoms with van der Waals surface area (Å²) in [5, 5.41) is 0. The summed E-state index contributed by atoms with van der Waals surface area (Å²) in [6.07, 6.45) is 1.32. The molecule has 0 aromatic heterocycles. The molecule has 0 heterocycles. The molecular formula is C9H10F2S. The lowest BCUT2D eigenvalue weighted by molar-refractivity contribution is 0.498. The number of aryl methyl sites for hydroxylation is 1. The molecule has 0 amide bonds. The first-order chi connectivity index (χ1) is 5.75. The molecule has 12 heavy (non-hydrogen) atoms. The Labute approximate surface area is 76.0 Å². The van der Waals surface area contributed by atoms with E-state index in [2.05, 4.69) is 12.6 Å². The minimum absolute atomic E-state index is 0.434. The molecule has 0 unspecified atom stereocenters. The van der Waals surface area contributed by atoms with Crippen molar-refractivity contribution in [2.45, 2.75) is 12.8 Å². The van der Waals surface area contributed by atoms with Crippen molar-refractivity contribution in [2.75, 3.05) is 5.75 Å². The van der Waals surface area contributed by atoms with Gasteiger partial charge in [-0.05, 0) is 30.2 Å². The van der Waals surface area contributed by atoms with Crippen LogP contribution in [0.15, 0.2) is 18.2 Å². The van der Waals surface area contributed by atoms with Crippen molar-refractivity contribution in [1.29, 1.82) is 0 Å². The molecule has 0 aliphatic heterocycles. The van der Waals surface area contributed by atoms with Crippen LogP contribution in [0.4, 0.5) is 8.78 Å². The quantitative estimate of drug-likeness (QED) is 0.693. The summed E-state index contributed by atoms with van der Waals surface area (Å²) in [6, 6.07) is 4.24. The maximum absolute atomic E-state index is 12.9. The Morgan fingerprint density at radius 3 is 2.67 bits per heavy atom. The molecule has 3 heteroatoms. The van der Waals surface area contributed by atoms with Gasteiger partial charge in [-0.1, -0.05) is 12.1 Å². The average Bonchev–Trinajstić information content (AvgIpc) is 2.08. The highest BCUT2D eigenvalue weighted by atomic mass is 32.1. The van der Waals surface area contributed by atoms with E-state index < -0.39 is 11.6 Å². The molecule has 0 N–H and O–H groups in total. The minimum Gasteiger partial charge on any atom is -0.204 e. The normalized spacial score (nSPS) is 10.2. The summed E-state index contributed by atoms with van der Waals surface area (Å²) in [6.45, 7) is 0. The standard InChI is InChI=1S/C9H10F2S/c10-8-5-1-3-7(9(8)11)4-2-6-12/h1,3,5,12H,2,4,6H2. The van der Waals surface area contributed by atoms with Crippen LogP contribution in [-0.2, 0) is 6.42 Å². The van der Waals surface area contributed by atoms with E-state index in [1.54, 1.807) is 6.07 Å². The van der Waals surface area contributed by atoms with Gasteiger partial charge >= 0.3 is 0 Å². The van der Waals surface area contributed by atoms with Crippen LogP contribution in [0, 0.1) is 11.6 Å². The molecule has 0 radical (unpaired) electrons. The zero-order valence-electron chi connectivity index (χ0n) is 6.56. The lowest BCUT2D eigenvalue weighted by atomic mass is 10.1. The predicted octanol–water partition coefficient (Wildman–Crippen LogP) is 2.83. The second-order valence-electron chi connectivity index (χ2n) is 2.54. The molecule has 0 nitrogen and oxygen atoms in total. The fourth-order valence-electron chi connectivity index (χ4n) is 1.01. The molecule has 1 aromatic carbocycles. The first-order valence-electron chi connectivity index (χ1n) is 3.79. The molecule has 0 aliphatic carbocycles. The highest BCUT2D eigenvalue weighted by Crippen LogP contribution is 2.13. The van der Waals surface area contributed by atoms with Crippen molar-refractivity contribution in [3.63, 3.8) is 0 Å². The van der Waals surface area contributed by atoms with Gasteiger partial charge in [0.15, 0.2) is 11.6 Å². The van der Waals surface area contributed by atoms with Gasteiger partial charge < -0.3 is 0 Å². The summed E-state index contributed by atoms with van der Waals surface area (Å²) in [5.41, 5.74) is 0.434. The van der Waals surface area contributed by atoms with Crippen LogP contribution in [0.5, 0.6) is 0 Å². The van der Waals surface area contributed by atoms with Gasteiger partial charge in [-0.2, -0.15) is 12.6 Å². The Morgan fingerprint density at radius 2 is 2.00 bits per heavy atom. The van der Waals surface area contributed by atoms with Gasteiger partial charge in [0.25, 0.3) is 0 Å². The zero-order valence-corrected chi connectivity index (χ0v) is 7.45. The van der Waals surface area contributed by atoms with E-state index in [0.29, 0.717) is 17.7 Å². The summed E-state index contributed by atoms with van der Waals surface area (Å²) in [5.74, 6) is -0.804. The van der Waals surface area contributed by atoms with Gasteiger partial charge in [0.05, 0.1) is 0 Å². The van der Waals surface area contributed by atoms with Gasteiger partial charge in [0.1, 0.15) is 0 Å². The van der Waals surface area contributed by atoms with E-state index in [0.717, 1.165) is 12.5 Å². The molecule has 1 rings (SSSR count). The fourth-order valence-corrected chi connectivity index (χ4v) is 1.17. The molecule has 0 atom stereocenters. The van der Waals surface area contributed by atoms with Crippen LogP contribution in [0.1, 0.15) is 12.0 Å². The third kappa shape index (κ3) is 2.21. The molecule has 1 aromatic rings. The van der Waals surface area contributed by atoms with Crippen molar-refractivity contribution in [1.82, 2.24) is 0 Å². The van der Waals surface area contributed by atoms with Crippen molar-refractivity contribution >= 4 is 12.6 Å². The highest BCUT2D eigenvalue weighted by molar-refractivity contribution is 7.80. The Balaban J connectivity index is 2.78. The Morgan fingerprint density at radius 1 is 1.25 bits per heavy atom. The summed E-state index contributed by atoms with van der Waals surface area (Å²) >= 11 is 3.99. The minimum atomic E-state index is -0.772. The smallest absolute Gasteiger partial charge is 0.162 e. The maximum Gasteiger partial charge on any atom is 0.162 e. The van der Waals surface area contributed by atoms with Crippen LogP contribution >= 0.6 is 12.6 Å². The second-order valence-corrected chi connectivity index (χ2v) is 2.99. The third-order valence-corrected chi connectivity index (χ3v) is 1.95. The van der Waals surface area contributed by atoms with Gasteiger partial charge in [-0.25, -0.2) is 8.78 Å². The fraction of sp³-hybridized carbons (Fsp3) is 0.333. The topological polar surface area (TPSA) is 0 Å². The second kappa shape index (κ2) is 4.45. The molecule has 0 aliphatic rings. The Hall–Kier alpha value is -0.570. The van der Waals surface area contributed by atoms with Crippen LogP contribution in [0.2, 0.25) is 0 Å². The van der Waals surface area contributed by atoms with Crippen molar-refractivity contribution < 1.29 is 8.78 Å². The molecule has 66 valence electrons. The number of hydrogen-bond acceptors (Lipinski definition) is 1. The zero-order chi connectivity index (χ0) is 8.97. The largest absolute Gasteiger partial charge is 0.204 e. The number of halogens is 2. The van der Waals surface area contributed by atoms with Crippen LogP contribution in [-0.4, -0.2) is 5.75 Å². The Bertz CT molecular complexity index is 261. The first-order valence-corrected chi connectivity index (χ1v) is 4.42. The van der Waals surface area contributed by atoms with Crippen molar-refractivity contribution in [2.24, 2.45) is 0 Å². The average molecular weight is 188 g/mol. The lowest BCUT2D eigenvalue weighted by Gasteiger charge is -2.01. The Kier molecular flexibility index (Phi) is 3.53. The monoisotopic (exact) mass is 188 g/mol. The van der Waals surface area contributed by atoms with Crippen LogP contribution in [0.3, 0.4) is 0 Å². The van der Waals surface area contributed by atoms with E-state index in [4.69, 9.17) is 0 Å². The number of thiol groups is 1. The first kappa shape index (κ1) is 9.52. The maximum atomic E-state index is 12.9. The van der Waals surface area contributed by atoms with E-state index in [-0.39, 0.29) is 0 Å². The SMILES string of the molecule is Fc1cccc(CCCS)c1F. The number of benzene rings is 1. The molecule has 0 saturated heterocycles. The number of hydrogen-bond donors (Lipinski definition) is 1. The van der Waals surface area contributed by atoms with Gasteiger partial charge in [-0.15, -0.1) is 0 Å². The summed E-state index contributed by atoms with van der Waals surface area (Å²) in [7, 11) is 0. The highest BCUT2D eigenvalue weighted by Gasteiger charge is 2.05.